The molecule has 1 aromatic heterocycles. The Labute approximate surface area is 127 Å². The first-order valence-electron chi connectivity index (χ1n) is 6.80. The molecule has 1 heterocycles. The summed E-state index contributed by atoms with van der Waals surface area (Å²) in [7, 11) is 1.63. The monoisotopic (exact) mass is 299 g/mol. The number of hydrogen-bond donors (Lipinski definition) is 1. The number of methoxy groups -OCH3 is 1. The first-order valence-corrected chi connectivity index (χ1v) is 7.61. The Kier molecular flexibility index (Phi) is 3.66. The number of thiazole rings is 1. The highest BCUT2D eigenvalue weighted by Crippen LogP contribution is 2.31. The van der Waals surface area contributed by atoms with Gasteiger partial charge in [0.1, 0.15) is 5.75 Å². The predicted octanol–water partition coefficient (Wildman–Crippen LogP) is 3.76. The molecule has 1 N–H and O–H groups in total. The van der Waals surface area contributed by atoms with E-state index < -0.39 is 5.60 Å². The van der Waals surface area contributed by atoms with Crippen molar-refractivity contribution in [3.05, 3.63) is 59.1 Å². The van der Waals surface area contributed by atoms with Crippen molar-refractivity contribution < 1.29 is 9.84 Å². The van der Waals surface area contributed by atoms with Crippen LogP contribution in [0, 0.1) is 0 Å². The summed E-state index contributed by atoms with van der Waals surface area (Å²) in [6.07, 6.45) is 0.486. The summed E-state index contributed by atoms with van der Waals surface area (Å²) >= 11 is 1.63. The lowest BCUT2D eigenvalue weighted by Gasteiger charge is -2.23. The number of rotatable bonds is 4. The van der Waals surface area contributed by atoms with Gasteiger partial charge in [0.15, 0.2) is 0 Å². The van der Waals surface area contributed by atoms with Gasteiger partial charge in [0.05, 0.1) is 27.9 Å². The van der Waals surface area contributed by atoms with Gasteiger partial charge in [-0.25, -0.2) is 4.98 Å². The zero-order valence-electron chi connectivity index (χ0n) is 12.0. The molecule has 0 fully saturated rings. The molecule has 2 aromatic carbocycles. The van der Waals surface area contributed by atoms with Crippen LogP contribution in [-0.4, -0.2) is 17.2 Å². The van der Waals surface area contributed by atoms with Gasteiger partial charge in [-0.05, 0) is 36.8 Å². The van der Waals surface area contributed by atoms with Crippen LogP contribution in [0.15, 0.2) is 48.5 Å². The molecule has 108 valence electrons. The fraction of sp³-hybridized carbons (Fsp3) is 0.235. The molecular formula is C17H17NO2S. The number of para-hydroxylation sites is 1. The van der Waals surface area contributed by atoms with Gasteiger partial charge < -0.3 is 9.84 Å². The van der Waals surface area contributed by atoms with Crippen molar-refractivity contribution in [2.24, 2.45) is 0 Å². The SMILES string of the molecule is COc1cccc(C(C)(O)Cc2nc3ccccc3s2)c1. The molecule has 0 aliphatic carbocycles. The minimum atomic E-state index is -0.970. The summed E-state index contributed by atoms with van der Waals surface area (Å²) in [6, 6.07) is 15.6. The minimum absolute atomic E-state index is 0.486. The maximum absolute atomic E-state index is 10.8. The number of nitrogens with zero attached hydrogens (tertiary/aromatic N) is 1. The van der Waals surface area contributed by atoms with Gasteiger partial charge in [0.2, 0.25) is 0 Å². The van der Waals surface area contributed by atoms with E-state index in [0.717, 1.165) is 26.5 Å². The van der Waals surface area contributed by atoms with Gasteiger partial charge >= 0.3 is 0 Å². The Bertz CT molecular complexity index is 731. The van der Waals surface area contributed by atoms with Gasteiger partial charge in [0, 0.05) is 6.42 Å². The number of aliphatic hydroxyl groups is 1. The molecule has 4 heteroatoms. The molecule has 3 nitrogen and oxygen atoms in total. The molecule has 0 amide bonds. The third-order valence-electron chi connectivity index (χ3n) is 3.53. The largest absolute Gasteiger partial charge is 0.497 e. The summed E-state index contributed by atoms with van der Waals surface area (Å²) in [6.45, 7) is 1.81. The summed E-state index contributed by atoms with van der Waals surface area (Å²) in [5, 5.41) is 11.7. The van der Waals surface area contributed by atoms with Gasteiger partial charge in [-0.2, -0.15) is 0 Å². The molecule has 21 heavy (non-hydrogen) atoms. The van der Waals surface area contributed by atoms with Crippen molar-refractivity contribution in [3.8, 4) is 5.75 Å². The minimum Gasteiger partial charge on any atom is -0.497 e. The van der Waals surface area contributed by atoms with Crippen molar-refractivity contribution in [2.45, 2.75) is 18.9 Å². The van der Waals surface area contributed by atoms with Crippen LogP contribution in [0.3, 0.4) is 0 Å². The highest BCUT2D eigenvalue weighted by atomic mass is 32.1. The topological polar surface area (TPSA) is 42.4 Å². The molecule has 3 rings (SSSR count). The van der Waals surface area contributed by atoms with Crippen molar-refractivity contribution in [3.63, 3.8) is 0 Å². The Balaban J connectivity index is 1.90. The first kappa shape index (κ1) is 14.0. The molecular weight excluding hydrogens is 282 g/mol. The van der Waals surface area contributed by atoms with Crippen LogP contribution < -0.4 is 4.74 Å². The lowest BCUT2D eigenvalue weighted by Crippen LogP contribution is -2.24. The maximum atomic E-state index is 10.8. The Morgan fingerprint density at radius 3 is 2.76 bits per heavy atom. The van der Waals surface area contributed by atoms with E-state index >= 15 is 0 Å². The third-order valence-corrected chi connectivity index (χ3v) is 4.56. The van der Waals surface area contributed by atoms with E-state index in [1.54, 1.807) is 18.4 Å². The van der Waals surface area contributed by atoms with Crippen LogP contribution in [0.1, 0.15) is 17.5 Å². The van der Waals surface area contributed by atoms with Crippen LogP contribution in [-0.2, 0) is 12.0 Å². The van der Waals surface area contributed by atoms with Gasteiger partial charge in [0.25, 0.3) is 0 Å². The Morgan fingerprint density at radius 2 is 2.00 bits per heavy atom. The van der Waals surface area contributed by atoms with Crippen molar-refractivity contribution in [2.75, 3.05) is 7.11 Å². The molecule has 0 saturated carbocycles. The molecule has 0 saturated heterocycles. The lowest BCUT2D eigenvalue weighted by molar-refractivity contribution is 0.0574. The number of fused-ring (bicyclic) bond motifs is 1. The maximum Gasteiger partial charge on any atom is 0.119 e. The van der Waals surface area contributed by atoms with E-state index in [0.29, 0.717) is 6.42 Å². The molecule has 0 aliphatic rings. The quantitative estimate of drug-likeness (QED) is 0.797. The highest BCUT2D eigenvalue weighted by molar-refractivity contribution is 7.18. The van der Waals surface area contributed by atoms with Crippen LogP contribution in [0.4, 0.5) is 0 Å². The summed E-state index contributed by atoms with van der Waals surface area (Å²) in [5.74, 6) is 0.747. The molecule has 0 spiro atoms. The van der Waals surface area contributed by atoms with E-state index in [1.807, 2.05) is 49.4 Å². The van der Waals surface area contributed by atoms with Gasteiger partial charge in [-0.1, -0.05) is 24.3 Å². The number of benzene rings is 2. The smallest absolute Gasteiger partial charge is 0.119 e. The molecule has 0 bridgehead atoms. The lowest BCUT2D eigenvalue weighted by atomic mass is 9.93. The van der Waals surface area contributed by atoms with Crippen molar-refractivity contribution in [1.29, 1.82) is 0 Å². The summed E-state index contributed by atoms with van der Waals surface area (Å²) in [4.78, 5) is 4.59. The fourth-order valence-corrected chi connectivity index (χ4v) is 3.47. The summed E-state index contributed by atoms with van der Waals surface area (Å²) < 4.78 is 6.37. The van der Waals surface area contributed by atoms with Crippen molar-refractivity contribution >= 4 is 21.6 Å². The van der Waals surface area contributed by atoms with E-state index in [-0.39, 0.29) is 0 Å². The second kappa shape index (κ2) is 5.47. The number of hydrogen-bond acceptors (Lipinski definition) is 4. The Morgan fingerprint density at radius 1 is 1.19 bits per heavy atom. The third kappa shape index (κ3) is 2.91. The second-order valence-electron chi connectivity index (χ2n) is 5.26. The van der Waals surface area contributed by atoms with E-state index in [4.69, 9.17) is 4.74 Å². The van der Waals surface area contributed by atoms with Crippen molar-refractivity contribution in [1.82, 2.24) is 4.98 Å². The van der Waals surface area contributed by atoms with E-state index in [9.17, 15) is 5.11 Å². The number of ether oxygens (including phenoxy) is 1. The van der Waals surface area contributed by atoms with E-state index in [1.165, 1.54) is 0 Å². The highest BCUT2D eigenvalue weighted by Gasteiger charge is 2.25. The Hall–Kier alpha value is -1.91. The average Bonchev–Trinajstić information content (AvgIpc) is 2.88. The first-order chi connectivity index (χ1) is 10.1. The van der Waals surface area contributed by atoms with E-state index in [2.05, 4.69) is 11.1 Å². The standard InChI is InChI=1S/C17H17NO2S/c1-17(19,12-6-5-7-13(10-12)20-2)11-16-18-14-8-3-4-9-15(14)21-16/h3-10,19H,11H2,1-2H3. The normalized spacial score (nSPS) is 14.0. The zero-order valence-corrected chi connectivity index (χ0v) is 12.9. The molecule has 0 radical (unpaired) electrons. The predicted molar refractivity (Wildman–Crippen MR) is 85.9 cm³/mol. The van der Waals surface area contributed by atoms with Crippen LogP contribution in [0.2, 0.25) is 0 Å². The molecule has 1 atom stereocenters. The molecule has 3 aromatic rings. The van der Waals surface area contributed by atoms with Gasteiger partial charge in [-0.3, -0.25) is 0 Å². The van der Waals surface area contributed by atoms with Crippen LogP contribution in [0.25, 0.3) is 10.2 Å². The van der Waals surface area contributed by atoms with Crippen LogP contribution in [0.5, 0.6) is 5.75 Å². The van der Waals surface area contributed by atoms with Gasteiger partial charge in [-0.15, -0.1) is 11.3 Å². The average molecular weight is 299 g/mol. The van der Waals surface area contributed by atoms with Crippen LogP contribution >= 0.6 is 11.3 Å². The summed E-state index contributed by atoms with van der Waals surface area (Å²) in [5.41, 5.74) is 0.850. The fourth-order valence-electron chi connectivity index (χ4n) is 2.35. The molecule has 0 aliphatic heterocycles. The zero-order chi connectivity index (χ0) is 14.9. The second-order valence-corrected chi connectivity index (χ2v) is 6.37. The molecule has 1 unspecified atom stereocenters. The number of aromatic nitrogens is 1.